The number of halogens is 1. The van der Waals surface area contributed by atoms with Crippen LogP contribution in [0.25, 0.3) is 0 Å². The largest absolute Gasteiger partial charge is 1.00 e. The molecule has 2 aliphatic heterocycles. The molecule has 2 atom stereocenters. The van der Waals surface area contributed by atoms with Crippen molar-refractivity contribution < 1.29 is 45.6 Å². The summed E-state index contributed by atoms with van der Waals surface area (Å²) >= 11 is 0. The van der Waals surface area contributed by atoms with Gasteiger partial charge in [0.1, 0.15) is 12.6 Å². The molecule has 2 unspecified atom stereocenters. The highest BCUT2D eigenvalue weighted by atomic mass is 79.9. The SMILES string of the molecule is CCOC(=O)CCc1ccc(C[N+]2(C)C3CCC2CC(OC(=O)C(O)(c2ccccc2)c2ccccc2)C3)cc1.[Br-]. The minimum Gasteiger partial charge on any atom is -1.00 e. The zero-order chi connectivity index (χ0) is 28.2. The van der Waals surface area contributed by atoms with Crippen molar-refractivity contribution in [3.05, 3.63) is 107 Å². The Kier molecular flexibility index (Phi) is 10.1. The van der Waals surface area contributed by atoms with Gasteiger partial charge in [-0.1, -0.05) is 84.9 Å². The number of aryl methyl sites for hydroxylation is 1. The quantitative estimate of drug-likeness (QED) is 0.278. The van der Waals surface area contributed by atoms with Crippen molar-refractivity contribution in [2.45, 2.75) is 75.8 Å². The number of esters is 2. The van der Waals surface area contributed by atoms with Crippen molar-refractivity contribution >= 4 is 11.9 Å². The van der Waals surface area contributed by atoms with Crippen molar-refractivity contribution in [1.29, 1.82) is 0 Å². The molecule has 2 fully saturated rings. The highest BCUT2D eigenvalue weighted by Crippen LogP contribution is 2.44. The molecule has 0 amide bonds. The van der Waals surface area contributed by atoms with Crippen LogP contribution in [0.5, 0.6) is 0 Å². The third-order valence-electron chi connectivity index (χ3n) is 8.99. The highest BCUT2D eigenvalue weighted by molar-refractivity contribution is 5.85. The normalized spacial score (nSPS) is 23.3. The number of piperidine rings is 1. The summed E-state index contributed by atoms with van der Waals surface area (Å²) in [5.41, 5.74) is 1.58. The summed E-state index contributed by atoms with van der Waals surface area (Å²) < 4.78 is 12.1. The maximum absolute atomic E-state index is 13.7. The number of benzene rings is 3. The number of ether oxygens (including phenoxy) is 2. The van der Waals surface area contributed by atoms with Gasteiger partial charge in [0.2, 0.25) is 5.60 Å². The van der Waals surface area contributed by atoms with E-state index in [9.17, 15) is 14.7 Å². The molecule has 218 valence electrons. The van der Waals surface area contributed by atoms with Gasteiger partial charge >= 0.3 is 11.9 Å². The molecular formula is C34H40BrNO5. The van der Waals surface area contributed by atoms with Crippen molar-refractivity contribution in [3.63, 3.8) is 0 Å². The summed E-state index contributed by atoms with van der Waals surface area (Å²) in [6, 6.07) is 27.5. The fourth-order valence-corrected chi connectivity index (χ4v) is 6.73. The first-order valence-electron chi connectivity index (χ1n) is 14.5. The molecule has 0 radical (unpaired) electrons. The standard InChI is InChI=1S/C34H40NO5.BrH/c1-3-39-32(36)21-18-25-14-16-26(17-15-25)24-35(2)29-19-20-30(35)23-31(22-29)40-33(37)34(38,27-10-6-4-7-11-27)28-12-8-5-9-13-28;/h4-17,29-31,38H,3,18-24H2,1-2H3;1H/q+1;/p-1. The maximum Gasteiger partial charge on any atom is 0.347 e. The van der Waals surface area contributed by atoms with Crippen molar-refractivity contribution in [3.8, 4) is 0 Å². The first-order chi connectivity index (χ1) is 19.3. The van der Waals surface area contributed by atoms with Gasteiger partial charge in [0.15, 0.2) is 0 Å². The van der Waals surface area contributed by atoms with Crippen LogP contribution in [0.1, 0.15) is 61.3 Å². The summed E-state index contributed by atoms with van der Waals surface area (Å²) in [4.78, 5) is 25.4. The lowest BCUT2D eigenvalue weighted by molar-refractivity contribution is -0.961. The number of rotatable bonds is 10. The first kappa shape index (κ1) is 30.9. The number of quaternary nitrogens is 1. The minimum absolute atomic E-state index is 0. The molecule has 2 saturated heterocycles. The zero-order valence-electron chi connectivity index (χ0n) is 23.9. The van der Waals surface area contributed by atoms with Gasteiger partial charge in [-0.25, -0.2) is 4.79 Å². The first-order valence-corrected chi connectivity index (χ1v) is 14.5. The fourth-order valence-electron chi connectivity index (χ4n) is 6.73. The molecular weight excluding hydrogens is 582 g/mol. The Morgan fingerprint density at radius 1 is 0.854 bits per heavy atom. The molecule has 5 rings (SSSR count). The van der Waals surface area contributed by atoms with Crippen LogP contribution in [-0.4, -0.2) is 53.4 Å². The Bertz CT molecular complexity index is 1240. The van der Waals surface area contributed by atoms with E-state index in [1.807, 2.05) is 43.3 Å². The number of carbonyl (C=O) groups is 2. The van der Waals surface area contributed by atoms with Crippen LogP contribution in [0.15, 0.2) is 84.9 Å². The van der Waals surface area contributed by atoms with Crippen molar-refractivity contribution in [2.24, 2.45) is 0 Å². The predicted molar refractivity (Wildman–Crippen MR) is 153 cm³/mol. The second-order valence-electron chi connectivity index (χ2n) is 11.5. The lowest BCUT2D eigenvalue weighted by atomic mass is 9.86. The van der Waals surface area contributed by atoms with E-state index < -0.39 is 11.6 Å². The van der Waals surface area contributed by atoms with E-state index in [0.717, 1.165) is 42.3 Å². The Labute approximate surface area is 253 Å². The van der Waals surface area contributed by atoms with Crippen LogP contribution in [0.3, 0.4) is 0 Å². The van der Waals surface area contributed by atoms with Crippen LogP contribution >= 0.6 is 0 Å². The topological polar surface area (TPSA) is 72.8 Å². The summed E-state index contributed by atoms with van der Waals surface area (Å²) in [6.45, 7) is 3.16. The molecule has 2 aliphatic rings. The predicted octanol–water partition coefficient (Wildman–Crippen LogP) is 2.31. The molecule has 41 heavy (non-hydrogen) atoms. The Morgan fingerprint density at radius 3 is 1.88 bits per heavy atom. The number of carbonyl (C=O) groups excluding carboxylic acids is 2. The monoisotopic (exact) mass is 621 g/mol. The van der Waals surface area contributed by atoms with Gasteiger partial charge in [0.05, 0.1) is 25.7 Å². The molecule has 3 aromatic rings. The Balaban J connectivity index is 0.00000387. The Hall–Kier alpha value is -3.00. The van der Waals surface area contributed by atoms with Crippen LogP contribution < -0.4 is 17.0 Å². The average Bonchev–Trinajstić information content (AvgIpc) is 3.12. The van der Waals surface area contributed by atoms with Gasteiger partial charge in [-0.3, -0.25) is 4.79 Å². The number of aliphatic hydroxyl groups is 1. The Morgan fingerprint density at radius 2 is 1.37 bits per heavy atom. The highest BCUT2D eigenvalue weighted by Gasteiger charge is 2.53. The van der Waals surface area contributed by atoms with Crippen LogP contribution in [-0.2, 0) is 37.6 Å². The summed E-state index contributed by atoms with van der Waals surface area (Å²) in [7, 11) is 2.33. The molecule has 2 bridgehead atoms. The van der Waals surface area contributed by atoms with E-state index in [1.54, 1.807) is 24.3 Å². The van der Waals surface area contributed by atoms with Crippen molar-refractivity contribution in [1.82, 2.24) is 0 Å². The summed E-state index contributed by atoms with van der Waals surface area (Å²) in [6.07, 6.45) is 4.64. The van der Waals surface area contributed by atoms with E-state index in [0.29, 0.717) is 42.7 Å². The number of hydrogen-bond donors (Lipinski definition) is 1. The fraction of sp³-hybridized carbons (Fsp3) is 0.412. The lowest BCUT2D eigenvalue weighted by Crippen LogP contribution is -3.00. The number of nitrogens with zero attached hydrogens (tertiary/aromatic N) is 1. The average molecular weight is 623 g/mol. The zero-order valence-corrected chi connectivity index (χ0v) is 25.5. The molecule has 6 nitrogen and oxygen atoms in total. The van der Waals surface area contributed by atoms with E-state index in [2.05, 4.69) is 31.3 Å². The molecule has 1 N–H and O–H groups in total. The maximum atomic E-state index is 13.7. The van der Waals surface area contributed by atoms with Gasteiger partial charge in [-0.2, -0.15) is 0 Å². The smallest absolute Gasteiger partial charge is 0.347 e. The van der Waals surface area contributed by atoms with Gasteiger partial charge in [-0.05, 0) is 30.0 Å². The minimum atomic E-state index is -1.85. The molecule has 0 saturated carbocycles. The second-order valence-corrected chi connectivity index (χ2v) is 11.5. The van der Waals surface area contributed by atoms with E-state index in [4.69, 9.17) is 9.47 Å². The second kappa shape index (κ2) is 13.3. The summed E-state index contributed by atoms with van der Waals surface area (Å²) in [5.74, 6) is -0.764. The molecule has 0 aromatic heterocycles. The summed E-state index contributed by atoms with van der Waals surface area (Å²) in [5, 5.41) is 11.8. The van der Waals surface area contributed by atoms with Crippen LogP contribution in [0.2, 0.25) is 0 Å². The van der Waals surface area contributed by atoms with E-state index >= 15 is 0 Å². The molecule has 2 heterocycles. The lowest BCUT2D eigenvalue weighted by Gasteiger charge is -2.47. The van der Waals surface area contributed by atoms with Crippen LogP contribution in [0.4, 0.5) is 0 Å². The third-order valence-corrected chi connectivity index (χ3v) is 8.99. The number of fused-ring (bicyclic) bond motifs is 2. The van der Waals surface area contributed by atoms with E-state index in [1.165, 1.54) is 5.56 Å². The van der Waals surface area contributed by atoms with Gasteiger partial charge < -0.3 is 36.0 Å². The molecule has 3 aromatic carbocycles. The van der Waals surface area contributed by atoms with E-state index in [-0.39, 0.29) is 29.1 Å². The molecule has 0 spiro atoms. The van der Waals surface area contributed by atoms with Gasteiger partial charge in [0.25, 0.3) is 0 Å². The molecule has 0 aliphatic carbocycles. The number of hydrogen-bond acceptors (Lipinski definition) is 5. The van der Waals surface area contributed by atoms with Gasteiger partial charge in [0, 0.05) is 37.7 Å². The van der Waals surface area contributed by atoms with Gasteiger partial charge in [-0.15, -0.1) is 0 Å². The molecule has 7 heteroatoms. The van der Waals surface area contributed by atoms with Crippen LogP contribution in [0, 0.1) is 0 Å². The van der Waals surface area contributed by atoms with Crippen molar-refractivity contribution in [2.75, 3.05) is 13.7 Å². The third kappa shape index (κ3) is 6.58.